The first-order chi connectivity index (χ1) is 9.46. The van der Waals surface area contributed by atoms with Gasteiger partial charge in [0.25, 0.3) is 0 Å². The first-order valence-corrected chi connectivity index (χ1v) is 7.53. The summed E-state index contributed by atoms with van der Waals surface area (Å²) >= 11 is 0. The maximum Gasteiger partial charge on any atom is 0.220 e. The second-order valence-corrected chi connectivity index (χ2v) is 6.82. The average Bonchev–Trinajstić information content (AvgIpc) is 2.42. The molecule has 0 aromatic heterocycles. The number of hydrogen-bond acceptors (Lipinski definition) is 2. The van der Waals surface area contributed by atoms with Gasteiger partial charge in [-0.15, -0.1) is 12.4 Å². The Morgan fingerprint density at radius 2 is 2.05 bits per heavy atom. The van der Waals surface area contributed by atoms with Crippen LogP contribution in [0.1, 0.15) is 50.8 Å². The van der Waals surface area contributed by atoms with Gasteiger partial charge >= 0.3 is 0 Å². The van der Waals surface area contributed by atoms with E-state index in [1.165, 1.54) is 11.1 Å². The van der Waals surface area contributed by atoms with Crippen molar-refractivity contribution < 1.29 is 4.79 Å². The third-order valence-electron chi connectivity index (χ3n) is 3.82. The number of benzene rings is 1. The van der Waals surface area contributed by atoms with Gasteiger partial charge in [-0.2, -0.15) is 0 Å². The van der Waals surface area contributed by atoms with E-state index in [0.29, 0.717) is 13.0 Å². The van der Waals surface area contributed by atoms with E-state index in [2.05, 4.69) is 55.7 Å². The van der Waals surface area contributed by atoms with Gasteiger partial charge in [0.15, 0.2) is 0 Å². The molecule has 3 nitrogen and oxygen atoms in total. The van der Waals surface area contributed by atoms with Crippen molar-refractivity contribution in [3.8, 4) is 0 Å². The van der Waals surface area contributed by atoms with Crippen LogP contribution in [0.5, 0.6) is 0 Å². The van der Waals surface area contributed by atoms with E-state index >= 15 is 0 Å². The molecule has 21 heavy (non-hydrogen) atoms. The van der Waals surface area contributed by atoms with E-state index in [4.69, 9.17) is 0 Å². The summed E-state index contributed by atoms with van der Waals surface area (Å²) in [7, 11) is 0. The normalized spacial score (nSPS) is 17.6. The largest absolute Gasteiger partial charge is 0.354 e. The van der Waals surface area contributed by atoms with Crippen LogP contribution in [0.4, 0.5) is 0 Å². The maximum atomic E-state index is 11.9. The molecule has 1 aliphatic heterocycles. The predicted octanol–water partition coefficient (Wildman–Crippen LogP) is 3.24. The quantitative estimate of drug-likeness (QED) is 0.896. The topological polar surface area (TPSA) is 41.1 Å². The molecule has 118 valence electrons. The summed E-state index contributed by atoms with van der Waals surface area (Å²) in [5, 5.41) is 6.55. The Morgan fingerprint density at radius 3 is 2.76 bits per heavy atom. The van der Waals surface area contributed by atoms with Crippen LogP contribution in [0, 0.1) is 5.41 Å². The third-order valence-corrected chi connectivity index (χ3v) is 3.82. The van der Waals surface area contributed by atoms with Crippen molar-refractivity contribution in [3.05, 3.63) is 35.4 Å². The number of hydrogen-bond donors (Lipinski definition) is 2. The van der Waals surface area contributed by atoms with Gasteiger partial charge in [0.05, 0.1) is 0 Å². The van der Waals surface area contributed by atoms with E-state index in [0.717, 1.165) is 19.4 Å². The number of carbonyl (C=O) groups is 1. The van der Waals surface area contributed by atoms with Gasteiger partial charge in [-0.3, -0.25) is 4.79 Å². The van der Waals surface area contributed by atoms with E-state index in [1.54, 1.807) is 0 Å². The van der Waals surface area contributed by atoms with E-state index in [-0.39, 0.29) is 29.8 Å². The second-order valence-electron chi connectivity index (χ2n) is 6.82. The lowest BCUT2D eigenvalue weighted by molar-refractivity contribution is -0.121. The molecule has 1 amide bonds. The van der Waals surface area contributed by atoms with Crippen LogP contribution < -0.4 is 10.6 Å². The van der Waals surface area contributed by atoms with Gasteiger partial charge in [0.1, 0.15) is 0 Å². The van der Waals surface area contributed by atoms with Crippen LogP contribution in [0.15, 0.2) is 24.3 Å². The number of fused-ring (bicyclic) bond motifs is 1. The summed E-state index contributed by atoms with van der Waals surface area (Å²) in [6, 6.07) is 8.75. The van der Waals surface area contributed by atoms with Gasteiger partial charge in [0, 0.05) is 19.0 Å². The Morgan fingerprint density at radius 1 is 1.33 bits per heavy atom. The first-order valence-electron chi connectivity index (χ1n) is 7.53. The van der Waals surface area contributed by atoms with Crippen LogP contribution >= 0.6 is 12.4 Å². The number of amides is 1. The van der Waals surface area contributed by atoms with Crippen LogP contribution in [-0.4, -0.2) is 19.0 Å². The minimum atomic E-state index is 0. The Kier molecular flexibility index (Phi) is 6.69. The number of nitrogens with one attached hydrogen (secondary N) is 2. The summed E-state index contributed by atoms with van der Waals surface area (Å²) in [6.07, 6.45) is 2.61. The summed E-state index contributed by atoms with van der Waals surface area (Å²) < 4.78 is 0. The molecule has 2 rings (SSSR count). The van der Waals surface area contributed by atoms with Crippen molar-refractivity contribution in [2.75, 3.05) is 13.1 Å². The van der Waals surface area contributed by atoms with Crippen LogP contribution in [0.2, 0.25) is 0 Å². The zero-order chi connectivity index (χ0) is 14.6. The Bertz CT molecular complexity index is 468. The van der Waals surface area contributed by atoms with Crippen molar-refractivity contribution in [2.45, 2.75) is 46.1 Å². The molecule has 1 unspecified atom stereocenters. The van der Waals surface area contributed by atoms with Crippen molar-refractivity contribution in [1.82, 2.24) is 10.6 Å². The summed E-state index contributed by atoms with van der Waals surface area (Å²) in [5.41, 5.74) is 2.95. The molecule has 1 aliphatic rings. The molecule has 0 radical (unpaired) electrons. The lowest BCUT2D eigenvalue weighted by Gasteiger charge is -2.27. The second kappa shape index (κ2) is 7.81. The van der Waals surface area contributed by atoms with E-state index < -0.39 is 0 Å². The summed E-state index contributed by atoms with van der Waals surface area (Å²) in [4.78, 5) is 11.9. The average molecular weight is 311 g/mol. The number of halogens is 1. The molecule has 0 aliphatic carbocycles. The molecule has 1 heterocycles. The minimum Gasteiger partial charge on any atom is -0.354 e. The molecule has 0 spiro atoms. The first kappa shape index (κ1) is 18.0. The van der Waals surface area contributed by atoms with Crippen LogP contribution in [-0.2, 0) is 11.2 Å². The fourth-order valence-corrected chi connectivity index (χ4v) is 2.57. The van der Waals surface area contributed by atoms with Crippen molar-refractivity contribution >= 4 is 18.3 Å². The highest BCUT2D eigenvalue weighted by atomic mass is 35.5. The van der Waals surface area contributed by atoms with Gasteiger partial charge in [-0.1, -0.05) is 45.0 Å². The molecule has 0 saturated carbocycles. The van der Waals surface area contributed by atoms with Gasteiger partial charge in [0.2, 0.25) is 5.91 Å². The Hall–Kier alpha value is -1.06. The molecule has 1 aromatic rings. The maximum absolute atomic E-state index is 11.9. The molecule has 2 N–H and O–H groups in total. The SMILES string of the molecule is CC(C)(C)CCC(=O)NCC1NCCc2ccccc21.Cl. The zero-order valence-corrected chi connectivity index (χ0v) is 14.1. The Labute approximate surface area is 134 Å². The molecule has 1 aromatic carbocycles. The number of carbonyl (C=O) groups excluding carboxylic acids is 1. The third kappa shape index (κ3) is 5.68. The standard InChI is InChI=1S/C17H26N2O.ClH/c1-17(2,3)10-8-16(20)19-12-15-14-7-5-4-6-13(14)9-11-18-15;/h4-7,15,18H,8-12H2,1-3H3,(H,19,20);1H. The molecule has 1 atom stereocenters. The molecular weight excluding hydrogens is 284 g/mol. The monoisotopic (exact) mass is 310 g/mol. The van der Waals surface area contributed by atoms with E-state index in [9.17, 15) is 4.79 Å². The zero-order valence-electron chi connectivity index (χ0n) is 13.2. The lowest BCUT2D eigenvalue weighted by Crippen LogP contribution is -2.39. The van der Waals surface area contributed by atoms with Crippen molar-refractivity contribution in [1.29, 1.82) is 0 Å². The lowest BCUT2D eigenvalue weighted by atomic mass is 9.90. The van der Waals surface area contributed by atoms with Gasteiger partial charge in [-0.05, 0) is 35.9 Å². The molecule has 0 saturated heterocycles. The highest BCUT2D eigenvalue weighted by Gasteiger charge is 2.20. The number of rotatable bonds is 4. The highest BCUT2D eigenvalue weighted by molar-refractivity contribution is 5.85. The van der Waals surface area contributed by atoms with E-state index in [1.807, 2.05) is 0 Å². The minimum absolute atomic E-state index is 0. The Balaban J connectivity index is 0.00000220. The molecule has 4 heteroatoms. The van der Waals surface area contributed by atoms with Gasteiger partial charge < -0.3 is 10.6 Å². The van der Waals surface area contributed by atoms with Crippen LogP contribution in [0.3, 0.4) is 0 Å². The smallest absolute Gasteiger partial charge is 0.220 e. The predicted molar refractivity (Wildman–Crippen MR) is 89.8 cm³/mol. The van der Waals surface area contributed by atoms with Crippen LogP contribution in [0.25, 0.3) is 0 Å². The van der Waals surface area contributed by atoms with Crippen molar-refractivity contribution in [3.63, 3.8) is 0 Å². The summed E-state index contributed by atoms with van der Waals surface area (Å²) in [5.74, 6) is 0.157. The van der Waals surface area contributed by atoms with Gasteiger partial charge in [-0.25, -0.2) is 0 Å². The summed E-state index contributed by atoms with van der Waals surface area (Å²) in [6.45, 7) is 8.16. The molecule has 0 fully saturated rings. The molecule has 0 bridgehead atoms. The highest BCUT2D eigenvalue weighted by Crippen LogP contribution is 2.22. The fourth-order valence-electron chi connectivity index (χ4n) is 2.57. The molecular formula is C17H27ClN2O. The fraction of sp³-hybridized carbons (Fsp3) is 0.588. The van der Waals surface area contributed by atoms with Crippen molar-refractivity contribution in [2.24, 2.45) is 5.41 Å².